The zero-order valence-corrected chi connectivity index (χ0v) is 16.9. The number of aliphatic hydroxyl groups excluding tert-OH is 2. The molecule has 0 bridgehead atoms. The van der Waals surface area contributed by atoms with Gasteiger partial charge in [0.05, 0.1) is 39.6 Å². The fourth-order valence-corrected chi connectivity index (χ4v) is 3.29. The van der Waals surface area contributed by atoms with E-state index >= 15 is 0 Å². The zero-order valence-electron chi connectivity index (χ0n) is 16.1. The first-order chi connectivity index (χ1) is 14.3. The first-order valence-corrected chi connectivity index (χ1v) is 9.91. The molecule has 2 N–H and O–H groups in total. The molecule has 0 aliphatic carbocycles. The van der Waals surface area contributed by atoms with Crippen LogP contribution in [0.2, 0.25) is 5.02 Å². The maximum absolute atomic E-state index is 8.83. The van der Waals surface area contributed by atoms with Gasteiger partial charge < -0.3 is 29.2 Å². The maximum Gasteiger partial charge on any atom is 0.135 e. The van der Waals surface area contributed by atoms with E-state index in [1.54, 1.807) is 0 Å². The van der Waals surface area contributed by atoms with Crippen molar-refractivity contribution in [3.8, 4) is 11.5 Å². The van der Waals surface area contributed by atoms with Gasteiger partial charge in [-0.2, -0.15) is 0 Å². The highest BCUT2D eigenvalue weighted by molar-refractivity contribution is 6.31. The lowest BCUT2D eigenvalue weighted by molar-refractivity contribution is 0.0707. The normalized spacial score (nSPS) is 11.3. The predicted molar refractivity (Wildman–Crippen MR) is 113 cm³/mol. The van der Waals surface area contributed by atoms with Crippen LogP contribution in [-0.2, 0) is 9.47 Å². The van der Waals surface area contributed by atoms with Crippen LogP contribution in [0.25, 0.3) is 21.5 Å². The van der Waals surface area contributed by atoms with Crippen molar-refractivity contribution in [3.63, 3.8) is 0 Å². The summed E-state index contributed by atoms with van der Waals surface area (Å²) in [4.78, 5) is 0. The van der Waals surface area contributed by atoms with Crippen LogP contribution in [0.15, 0.2) is 42.5 Å². The van der Waals surface area contributed by atoms with E-state index in [0.29, 0.717) is 31.5 Å². The summed E-state index contributed by atoms with van der Waals surface area (Å²) in [7, 11) is 0. The monoisotopic (exact) mass is 420 g/mol. The maximum atomic E-state index is 8.83. The van der Waals surface area contributed by atoms with Gasteiger partial charge in [-0.05, 0) is 18.2 Å². The Morgan fingerprint density at radius 2 is 1.14 bits per heavy atom. The quantitative estimate of drug-likeness (QED) is 0.345. The molecule has 0 amide bonds. The molecule has 3 aromatic carbocycles. The molecule has 0 saturated heterocycles. The van der Waals surface area contributed by atoms with Crippen molar-refractivity contribution in [2.24, 2.45) is 0 Å². The number of ether oxygens (including phenoxy) is 4. The van der Waals surface area contributed by atoms with Gasteiger partial charge in [0.2, 0.25) is 0 Å². The lowest BCUT2D eigenvalue weighted by Crippen LogP contribution is -2.11. The summed E-state index contributed by atoms with van der Waals surface area (Å²) in [5.41, 5.74) is 0. The van der Waals surface area contributed by atoms with Gasteiger partial charge in [0, 0.05) is 26.6 Å². The van der Waals surface area contributed by atoms with Crippen molar-refractivity contribution in [3.05, 3.63) is 47.5 Å². The standard InChI is InChI=1S/C22H25ClO6/c23-16-5-6-19-20(15-16)22(29-14-12-27-10-8-25)18-4-2-1-3-17(18)21(19)28-13-11-26-9-7-24/h1-6,15,24-25H,7-14H2. The summed E-state index contributed by atoms with van der Waals surface area (Å²) in [5, 5.41) is 21.8. The molecule has 6 nitrogen and oxygen atoms in total. The van der Waals surface area contributed by atoms with E-state index in [2.05, 4.69) is 0 Å². The molecule has 156 valence electrons. The van der Waals surface area contributed by atoms with Crippen LogP contribution in [0.3, 0.4) is 0 Å². The Labute approximate surface area is 174 Å². The van der Waals surface area contributed by atoms with E-state index in [1.165, 1.54) is 0 Å². The highest BCUT2D eigenvalue weighted by atomic mass is 35.5. The first kappa shape index (κ1) is 21.6. The molecule has 3 aromatic rings. The molecule has 0 radical (unpaired) electrons. The van der Waals surface area contributed by atoms with Gasteiger partial charge in [-0.1, -0.05) is 35.9 Å². The lowest BCUT2D eigenvalue weighted by Gasteiger charge is -2.18. The van der Waals surface area contributed by atoms with Crippen LogP contribution >= 0.6 is 11.6 Å². The summed E-state index contributed by atoms with van der Waals surface area (Å²) >= 11 is 6.27. The number of hydrogen-bond donors (Lipinski definition) is 2. The number of rotatable bonds is 12. The average molecular weight is 421 g/mol. The molecular formula is C22H25ClO6. The van der Waals surface area contributed by atoms with E-state index in [4.69, 9.17) is 40.8 Å². The van der Waals surface area contributed by atoms with Crippen molar-refractivity contribution in [1.82, 2.24) is 0 Å². The molecule has 0 aliphatic rings. The van der Waals surface area contributed by atoms with Gasteiger partial charge in [0.1, 0.15) is 24.7 Å². The fourth-order valence-electron chi connectivity index (χ4n) is 3.12. The van der Waals surface area contributed by atoms with Gasteiger partial charge in [0.15, 0.2) is 0 Å². The van der Waals surface area contributed by atoms with E-state index in [0.717, 1.165) is 33.0 Å². The Hall–Kier alpha value is -2.09. The van der Waals surface area contributed by atoms with E-state index < -0.39 is 0 Å². The second-order valence-corrected chi connectivity index (χ2v) is 6.70. The van der Waals surface area contributed by atoms with Crippen LogP contribution in [0, 0.1) is 0 Å². The van der Waals surface area contributed by atoms with E-state index in [9.17, 15) is 0 Å². The number of hydrogen-bond acceptors (Lipinski definition) is 6. The molecule has 3 rings (SSSR count). The number of halogens is 1. The summed E-state index contributed by atoms with van der Waals surface area (Å²) in [5.74, 6) is 1.46. The highest BCUT2D eigenvalue weighted by Gasteiger charge is 2.16. The summed E-state index contributed by atoms with van der Waals surface area (Å²) in [6.07, 6.45) is 0. The second-order valence-electron chi connectivity index (χ2n) is 6.26. The smallest absolute Gasteiger partial charge is 0.135 e. The molecule has 0 aromatic heterocycles. The van der Waals surface area contributed by atoms with Gasteiger partial charge in [0.25, 0.3) is 0 Å². The number of benzene rings is 3. The van der Waals surface area contributed by atoms with Gasteiger partial charge in [-0.25, -0.2) is 0 Å². The Morgan fingerprint density at radius 3 is 1.69 bits per heavy atom. The Kier molecular flexibility index (Phi) is 8.34. The molecule has 0 saturated carbocycles. The van der Waals surface area contributed by atoms with Crippen molar-refractivity contribution < 1.29 is 29.2 Å². The largest absolute Gasteiger partial charge is 0.490 e. The van der Waals surface area contributed by atoms with Gasteiger partial charge in [-0.3, -0.25) is 0 Å². The van der Waals surface area contributed by atoms with Crippen LogP contribution < -0.4 is 9.47 Å². The van der Waals surface area contributed by atoms with Crippen molar-refractivity contribution in [2.75, 3.05) is 52.9 Å². The zero-order chi connectivity index (χ0) is 20.5. The summed E-state index contributed by atoms with van der Waals surface area (Å²) in [6.45, 7) is 1.99. The van der Waals surface area contributed by atoms with E-state index in [-0.39, 0.29) is 26.4 Å². The third kappa shape index (κ3) is 5.50. The van der Waals surface area contributed by atoms with Crippen molar-refractivity contribution >= 4 is 33.1 Å². The topological polar surface area (TPSA) is 77.4 Å². The minimum absolute atomic E-state index is 0.0155. The SMILES string of the molecule is OCCOCCOc1c2ccccc2c(OCCOCCO)c2cc(Cl)ccc12. The molecule has 0 heterocycles. The Bertz CT molecular complexity index is 930. The Balaban J connectivity index is 1.96. The van der Waals surface area contributed by atoms with Gasteiger partial charge in [-0.15, -0.1) is 0 Å². The molecule has 0 spiro atoms. The van der Waals surface area contributed by atoms with Crippen molar-refractivity contribution in [2.45, 2.75) is 0 Å². The minimum atomic E-state index is -0.0183. The summed E-state index contributed by atoms with van der Waals surface area (Å²) < 4.78 is 22.8. The number of fused-ring (bicyclic) bond motifs is 2. The molecule has 0 fully saturated rings. The van der Waals surface area contributed by atoms with Crippen LogP contribution in [-0.4, -0.2) is 63.1 Å². The highest BCUT2D eigenvalue weighted by Crippen LogP contribution is 2.43. The fraction of sp³-hybridized carbons (Fsp3) is 0.364. The van der Waals surface area contributed by atoms with Crippen LogP contribution in [0.1, 0.15) is 0 Å². The minimum Gasteiger partial charge on any atom is -0.490 e. The molecule has 0 atom stereocenters. The van der Waals surface area contributed by atoms with Gasteiger partial charge >= 0.3 is 0 Å². The lowest BCUT2D eigenvalue weighted by atomic mass is 10.0. The molecule has 0 unspecified atom stereocenters. The third-order valence-electron chi connectivity index (χ3n) is 4.31. The molecule has 0 aliphatic heterocycles. The molecule has 7 heteroatoms. The van der Waals surface area contributed by atoms with Crippen LogP contribution in [0.4, 0.5) is 0 Å². The predicted octanol–water partition coefficient (Wildman–Crippen LogP) is 3.42. The average Bonchev–Trinajstić information content (AvgIpc) is 2.74. The first-order valence-electron chi connectivity index (χ1n) is 9.53. The summed E-state index contributed by atoms with van der Waals surface area (Å²) in [6, 6.07) is 13.5. The number of aliphatic hydroxyl groups is 2. The molecule has 29 heavy (non-hydrogen) atoms. The molecular weight excluding hydrogens is 396 g/mol. The van der Waals surface area contributed by atoms with Crippen molar-refractivity contribution in [1.29, 1.82) is 0 Å². The van der Waals surface area contributed by atoms with E-state index in [1.807, 2.05) is 42.5 Å². The van der Waals surface area contributed by atoms with Crippen LogP contribution in [0.5, 0.6) is 11.5 Å². The third-order valence-corrected chi connectivity index (χ3v) is 4.54. The second kappa shape index (κ2) is 11.2. The Morgan fingerprint density at radius 1 is 0.621 bits per heavy atom.